The summed E-state index contributed by atoms with van der Waals surface area (Å²) < 4.78 is 5.45. The fourth-order valence-corrected chi connectivity index (χ4v) is 5.07. The predicted octanol–water partition coefficient (Wildman–Crippen LogP) is 2.47. The minimum Gasteiger partial charge on any atom is -0.445 e. The van der Waals surface area contributed by atoms with Gasteiger partial charge in [0.05, 0.1) is 6.04 Å². The summed E-state index contributed by atoms with van der Waals surface area (Å²) in [7, 11) is 0. The number of carbonyl (C=O) groups excluding carboxylic acids is 4. The first kappa shape index (κ1) is 22.9. The van der Waals surface area contributed by atoms with E-state index in [1.807, 2.05) is 55.5 Å². The fraction of sp³-hybridized carbons (Fsp3) is 0.385. The van der Waals surface area contributed by atoms with Crippen LogP contribution >= 0.6 is 0 Å². The molecule has 0 radical (unpaired) electrons. The second-order valence-corrected chi connectivity index (χ2v) is 9.14. The van der Waals surface area contributed by atoms with Crippen molar-refractivity contribution in [3.05, 3.63) is 65.2 Å². The average Bonchev–Trinajstić information content (AvgIpc) is 3.12. The molecule has 0 spiro atoms. The maximum atomic E-state index is 13.1. The van der Waals surface area contributed by atoms with Crippen LogP contribution in [0.2, 0.25) is 0 Å². The summed E-state index contributed by atoms with van der Waals surface area (Å²) in [5.41, 5.74) is 3.40. The number of imide groups is 1. The third-order valence-electron chi connectivity index (χ3n) is 7.02. The lowest BCUT2D eigenvalue weighted by atomic mass is 10.0. The molecule has 3 aliphatic rings. The highest BCUT2D eigenvalue weighted by Gasteiger charge is 2.43. The lowest BCUT2D eigenvalue weighted by molar-refractivity contribution is -0.137. The van der Waals surface area contributed by atoms with Gasteiger partial charge in [0.1, 0.15) is 12.6 Å². The van der Waals surface area contributed by atoms with Gasteiger partial charge < -0.3 is 19.4 Å². The van der Waals surface area contributed by atoms with Gasteiger partial charge in [-0.1, -0.05) is 30.3 Å². The molecule has 1 N–H and O–H groups in total. The van der Waals surface area contributed by atoms with Gasteiger partial charge in [0, 0.05) is 43.9 Å². The second-order valence-electron chi connectivity index (χ2n) is 9.14. The number of anilines is 1. The van der Waals surface area contributed by atoms with Crippen LogP contribution < -0.4 is 10.2 Å². The Balaban J connectivity index is 1.21. The highest BCUT2D eigenvalue weighted by molar-refractivity contribution is 6.06. The molecule has 2 fully saturated rings. The molecule has 2 saturated heterocycles. The lowest BCUT2D eigenvalue weighted by Crippen LogP contribution is -2.53. The van der Waals surface area contributed by atoms with Gasteiger partial charge in [0.2, 0.25) is 11.8 Å². The van der Waals surface area contributed by atoms with E-state index >= 15 is 0 Å². The fourth-order valence-electron chi connectivity index (χ4n) is 5.07. The summed E-state index contributed by atoms with van der Waals surface area (Å²) >= 11 is 0. The van der Waals surface area contributed by atoms with E-state index in [0.717, 1.165) is 16.8 Å². The van der Waals surface area contributed by atoms with Gasteiger partial charge in [0.15, 0.2) is 0 Å². The molecule has 5 rings (SSSR count). The number of benzene rings is 2. The van der Waals surface area contributed by atoms with Gasteiger partial charge in [-0.3, -0.25) is 19.7 Å². The third-order valence-corrected chi connectivity index (χ3v) is 7.02. The zero-order valence-electron chi connectivity index (χ0n) is 19.6. The third kappa shape index (κ3) is 4.45. The van der Waals surface area contributed by atoms with Crippen LogP contribution in [-0.4, -0.2) is 65.8 Å². The molecule has 9 nitrogen and oxygen atoms in total. The van der Waals surface area contributed by atoms with Gasteiger partial charge in [-0.2, -0.15) is 0 Å². The number of hydrogen-bond donors (Lipinski definition) is 1. The molecule has 2 atom stereocenters. The zero-order chi connectivity index (χ0) is 24.5. The minimum atomic E-state index is -0.642. The van der Waals surface area contributed by atoms with Gasteiger partial charge in [-0.15, -0.1) is 0 Å². The number of ether oxygens (including phenoxy) is 1. The predicted molar refractivity (Wildman–Crippen MR) is 128 cm³/mol. The quantitative estimate of drug-likeness (QED) is 0.681. The van der Waals surface area contributed by atoms with E-state index in [0.29, 0.717) is 38.2 Å². The Hall–Kier alpha value is -3.88. The summed E-state index contributed by atoms with van der Waals surface area (Å²) in [4.78, 5) is 55.0. The normalized spacial score (nSPS) is 22.2. The summed E-state index contributed by atoms with van der Waals surface area (Å²) in [6, 6.07) is 14.4. The van der Waals surface area contributed by atoms with Gasteiger partial charge >= 0.3 is 6.09 Å². The van der Waals surface area contributed by atoms with Crippen LogP contribution in [0.4, 0.5) is 10.5 Å². The molecule has 3 aliphatic heterocycles. The SMILES string of the molecule is CC1c2cc(N3CCN(C(=O)OCc4ccccc4)CC3)ccc2C(=O)N1C1CCC(=O)NC1=O. The van der Waals surface area contributed by atoms with Crippen LogP contribution in [0, 0.1) is 0 Å². The minimum absolute atomic E-state index is 0.181. The Kier molecular flexibility index (Phi) is 6.15. The van der Waals surface area contributed by atoms with E-state index in [2.05, 4.69) is 10.2 Å². The average molecular weight is 477 g/mol. The van der Waals surface area contributed by atoms with E-state index < -0.39 is 11.9 Å². The number of piperidine rings is 1. The molecule has 182 valence electrons. The smallest absolute Gasteiger partial charge is 0.410 e. The molecule has 0 aromatic heterocycles. The van der Waals surface area contributed by atoms with Gasteiger partial charge in [-0.25, -0.2) is 4.79 Å². The van der Waals surface area contributed by atoms with Crippen LogP contribution in [0.1, 0.15) is 47.3 Å². The maximum absolute atomic E-state index is 13.1. The molecular formula is C26H28N4O5. The number of fused-ring (bicyclic) bond motifs is 1. The molecule has 4 amide bonds. The number of carbonyl (C=O) groups is 4. The van der Waals surface area contributed by atoms with Crippen LogP contribution in [0.25, 0.3) is 0 Å². The summed E-state index contributed by atoms with van der Waals surface area (Å²) in [5, 5.41) is 2.35. The van der Waals surface area contributed by atoms with Crippen LogP contribution in [0.15, 0.2) is 48.5 Å². The molecule has 2 aromatic rings. The van der Waals surface area contributed by atoms with Crippen molar-refractivity contribution in [3.63, 3.8) is 0 Å². The number of hydrogen-bond acceptors (Lipinski definition) is 6. The summed E-state index contributed by atoms with van der Waals surface area (Å²) in [6.45, 7) is 4.55. The molecule has 0 bridgehead atoms. The Morgan fingerprint density at radius 3 is 2.49 bits per heavy atom. The largest absolute Gasteiger partial charge is 0.445 e. The number of nitrogens with one attached hydrogen (secondary N) is 1. The Morgan fingerprint density at radius 2 is 1.77 bits per heavy atom. The first-order valence-corrected chi connectivity index (χ1v) is 11.9. The molecule has 2 aromatic carbocycles. The van der Waals surface area contributed by atoms with E-state index in [1.165, 1.54) is 0 Å². The molecule has 35 heavy (non-hydrogen) atoms. The Bertz CT molecular complexity index is 1160. The van der Waals surface area contributed by atoms with E-state index in [4.69, 9.17) is 4.74 Å². The number of nitrogens with zero attached hydrogens (tertiary/aromatic N) is 3. The first-order valence-electron chi connectivity index (χ1n) is 11.9. The van der Waals surface area contributed by atoms with Crippen molar-refractivity contribution in [1.29, 1.82) is 0 Å². The highest BCUT2D eigenvalue weighted by atomic mass is 16.6. The summed E-state index contributed by atoms with van der Waals surface area (Å²) in [6.07, 6.45) is 0.248. The van der Waals surface area contributed by atoms with Gasteiger partial charge in [-0.05, 0) is 42.7 Å². The van der Waals surface area contributed by atoms with E-state index in [1.54, 1.807) is 9.80 Å². The monoisotopic (exact) mass is 476 g/mol. The number of rotatable bonds is 4. The van der Waals surface area contributed by atoms with Crippen molar-refractivity contribution < 1.29 is 23.9 Å². The van der Waals surface area contributed by atoms with Crippen molar-refractivity contribution >= 4 is 29.5 Å². The maximum Gasteiger partial charge on any atom is 0.410 e. The standard InChI is InChI=1S/C26H28N4O5/c1-17-21-15-19(7-8-20(21)25(33)30(17)22-9-10-23(31)27-24(22)32)28-11-13-29(14-12-28)26(34)35-16-18-5-3-2-4-6-18/h2-8,15,17,22H,9-14,16H2,1H3,(H,27,31,32). The first-order chi connectivity index (χ1) is 16.9. The number of amides is 4. The molecule has 3 heterocycles. The zero-order valence-corrected chi connectivity index (χ0v) is 19.6. The van der Waals surface area contributed by atoms with Crippen molar-refractivity contribution in [3.8, 4) is 0 Å². The van der Waals surface area contributed by atoms with Gasteiger partial charge in [0.25, 0.3) is 5.91 Å². The molecular weight excluding hydrogens is 448 g/mol. The molecule has 0 saturated carbocycles. The second kappa shape index (κ2) is 9.40. The van der Waals surface area contributed by atoms with Crippen LogP contribution in [0.3, 0.4) is 0 Å². The van der Waals surface area contributed by atoms with E-state index in [9.17, 15) is 19.2 Å². The Labute approximate surface area is 203 Å². The Morgan fingerprint density at radius 1 is 1.03 bits per heavy atom. The highest BCUT2D eigenvalue weighted by Crippen LogP contribution is 2.38. The van der Waals surface area contributed by atoms with Crippen molar-refractivity contribution in [2.45, 2.75) is 38.5 Å². The lowest BCUT2D eigenvalue weighted by Gasteiger charge is -2.36. The molecule has 2 unspecified atom stereocenters. The van der Waals surface area contributed by atoms with Crippen molar-refractivity contribution in [2.24, 2.45) is 0 Å². The van der Waals surface area contributed by atoms with E-state index in [-0.39, 0.29) is 37.0 Å². The van der Waals surface area contributed by atoms with Crippen LogP contribution in [-0.2, 0) is 20.9 Å². The molecule has 0 aliphatic carbocycles. The van der Waals surface area contributed by atoms with Crippen molar-refractivity contribution in [1.82, 2.24) is 15.1 Å². The topological polar surface area (TPSA) is 99.3 Å². The molecule has 9 heteroatoms. The van der Waals surface area contributed by atoms with Crippen LogP contribution in [0.5, 0.6) is 0 Å². The van der Waals surface area contributed by atoms with Crippen molar-refractivity contribution in [2.75, 3.05) is 31.1 Å². The summed E-state index contributed by atoms with van der Waals surface area (Å²) in [5.74, 6) is -0.891. The number of piperazine rings is 1.